The minimum absolute atomic E-state index is 0.128. The van der Waals surface area contributed by atoms with E-state index in [0.717, 1.165) is 69.9 Å². The summed E-state index contributed by atoms with van der Waals surface area (Å²) in [6.07, 6.45) is 20.2. The van der Waals surface area contributed by atoms with E-state index in [0.29, 0.717) is 18.1 Å². The van der Waals surface area contributed by atoms with Crippen molar-refractivity contribution in [2.75, 3.05) is 77.8 Å². The highest BCUT2D eigenvalue weighted by atomic mass is 35.6. The van der Waals surface area contributed by atoms with Crippen LogP contribution in [0.1, 0.15) is 141 Å². The van der Waals surface area contributed by atoms with Gasteiger partial charge in [-0.05, 0) is 126 Å². The molecule has 5 heterocycles. The van der Waals surface area contributed by atoms with Crippen LogP contribution in [0.5, 0.6) is 17.2 Å². The number of alkyl halides is 30. The minimum Gasteiger partial charge on any atom is -0.497 e. The number of nitrogens with zero attached hydrogens (tertiary/aromatic N) is 18. The zero-order valence-corrected chi connectivity index (χ0v) is 89.9. The molecule has 21 nitrogen and oxygen atoms in total. The summed E-state index contributed by atoms with van der Waals surface area (Å²) in [5, 5.41) is 0. The van der Waals surface area contributed by atoms with Crippen LogP contribution in [0.3, 0.4) is 0 Å². The fourth-order valence-corrected chi connectivity index (χ4v) is 11.8. The fraction of sp³-hybridized carbons (Fsp3) is 0.295. The van der Waals surface area contributed by atoms with E-state index < -0.39 is 37.9 Å². The van der Waals surface area contributed by atoms with E-state index in [2.05, 4.69) is 81.7 Å². The summed E-state index contributed by atoms with van der Waals surface area (Å²) in [6.45, 7) is 2.86. The van der Waals surface area contributed by atoms with Crippen LogP contribution >= 0.6 is 348 Å². The molecule has 0 aliphatic rings. The topological polar surface area (TPSA) is 231 Å². The minimum atomic E-state index is -1.91. The maximum Gasteiger partial charge on any atom is 0.250 e. The summed E-state index contributed by atoms with van der Waals surface area (Å²) >= 11 is 175. The van der Waals surface area contributed by atoms with Crippen molar-refractivity contribution in [3.05, 3.63) is 230 Å². The Morgan fingerprint density at radius 2 is 0.457 bits per heavy atom. The molecule has 0 atom stereocenters. The number of hydrogen-bond donors (Lipinski definition) is 0. The predicted molar refractivity (Wildman–Crippen MR) is 549 cm³/mol. The first-order valence-electron chi connectivity index (χ1n) is 35.7. The van der Waals surface area contributed by atoms with Gasteiger partial charge in [0.05, 0.1) is 20.8 Å². The van der Waals surface area contributed by atoms with Crippen molar-refractivity contribution in [1.82, 2.24) is 74.8 Å². The molecule has 51 heteroatoms. The number of halogens is 30. The molecule has 0 saturated heterocycles. The number of aromatic nitrogens is 15. The van der Waals surface area contributed by atoms with Gasteiger partial charge in [-0.15, -0.1) is 0 Å². The van der Waals surface area contributed by atoms with E-state index in [1.807, 2.05) is 154 Å². The summed E-state index contributed by atoms with van der Waals surface area (Å²) in [7, 11) is 14.9. The van der Waals surface area contributed by atoms with Gasteiger partial charge in [-0.2, -0.15) is 0 Å². The lowest BCUT2D eigenvalue weighted by atomic mass is 10.1. The second kappa shape index (κ2) is 50.8. The largest absolute Gasteiger partial charge is 0.497 e. The average Bonchev–Trinajstić information content (AvgIpc) is 0.725. The highest BCUT2D eigenvalue weighted by molar-refractivity contribution is 6.71. The van der Waals surface area contributed by atoms with Crippen molar-refractivity contribution in [1.29, 1.82) is 0 Å². The zero-order chi connectivity index (χ0) is 96.8. The van der Waals surface area contributed by atoms with Gasteiger partial charge in [-0.1, -0.05) is 441 Å². The highest BCUT2D eigenvalue weighted by Gasteiger charge is 2.39. The summed E-state index contributed by atoms with van der Waals surface area (Å²) in [6, 6.07) is 36.4. The normalized spacial score (nSPS) is 12.6. The van der Waals surface area contributed by atoms with Gasteiger partial charge in [0, 0.05) is 71.0 Å². The Hall–Kier alpha value is -2.65. The van der Waals surface area contributed by atoms with Gasteiger partial charge in [-0.3, -0.25) is 0 Å². The van der Waals surface area contributed by atoms with Crippen LogP contribution in [-0.2, 0) is 37.9 Å². The van der Waals surface area contributed by atoms with E-state index in [-0.39, 0.29) is 87.4 Å². The van der Waals surface area contributed by atoms with E-state index in [1.165, 1.54) is 7.11 Å². The van der Waals surface area contributed by atoms with Crippen LogP contribution in [0.25, 0.3) is 60.8 Å². The lowest BCUT2D eigenvalue weighted by molar-refractivity contribution is 0.306. The van der Waals surface area contributed by atoms with Crippen molar-refractivity contribution < 1.29 is 14.2 Å². The molecular weight excluding hydrogens is 2300 g/mol. The molecule has 0 amide bonds. The molecule has 5 aromatic carbocycles. The Bertz CT molecular complexity index is 5000. The molecule has 0 spiro atoms. The zero-order valence-electron chi connectivity index (χ0n) is 67.2. The molecule has 0 unspecified atom stereocenters. The summed E-state index contributed by atoms with van der Waals surface area (Å²) < 4.78 is -2.65. The molecule has 0 N–H and O–H groups in total. The molecule has 0 saturated carbocycles. The summed E-state index contributed by atoms with van der Waals surface area (Å²) in [4.78, 5) is 66.4. The van der Waals surface area contributed by atoms with Gasteiger partial charge in [0.1, 0.15) is 17.2 Å². The molecule has 5 aromatic heterocycles. The van der Waals surface area contributed by atoms with E-state index >= 15 is 0 Å². The molecule has 0 bridgehead atoms. The van der Waals surface area contributed by atoms with Crippen LogP contribution in [-0.4, -0.2) is 138 Å². The number of methoxy groups -OCH3 is 2. The van der Waals surface area contributed by atoms with Crippen LogP contribution in [0.4, 0.5) is 17.1 Å². The Morgan fingerprint density at radius 3 is 0.651 bits per heavy atom. The molecule has 694 valence electrons. The maximum absolute atomic E-state index is 5.86. The maximum atomic E-state index is 5.86. The van der Waals surface area contributed by atoms with Crippen LogP contribution < -0.4 is 28.9 Å². The average molecular weight is 2370 g/mol. The van der Waals surface area contributed by atoms with Crippen molar-refractivity contribution in [3.63, 3.8) is 0 Å². The van der Waals surface area contributed by atoms with Gasteiger partial charge in [0.25, 0.3) is 0 Å². The first-order valence-corrected chi connectivity index (χ1v) is 47.1. The van der Waals surface area contributed by atoms with Gasteiger partial charge in [0.15, 0.2) is 87.4 Å². The van der Waals surface area contributed by atoms with Crippen LogP contribution in [0.2, 0.25) is 0 Å². The van der Waals surface area contributed by atoms with Crippen molar-refractivity contribution >= 4 is 426 Å². The lowest BCUT2D eigenvalue weighted by Crippen LogP contribution is -2.16. The molecule has 0 aliphatic heterocycles. The molecular formula is C78H64Cl30N18O3. The number of rotatable bonds is 20. The van der Waals surface area contributed by atoms with Gasteiger partial charge in [0.2, 0.25) is 37.9 Å². The monoisotopic (exact) mass is 2350 g/mol. The van der Waals surface area contributed by atoms with Crippen molar-refractivity contribution in [3.8, 4) is 17.2 Å². The quantitative estimate of drug-likeness (QED) is 0.0510. The van der Waals surface area contributed by atoms with E-state index in [1.54, 1.807) is 86.1 Å². The molecule has 10 aromatic rings. The number of benzene rings is 5. The van der Waals surface area contributed by atoms with Gasteiger partial charge < -0.3 is 28.9 Å². The molecule has 10 rings (SSSR count). The number of anilines is 3. The highest BCUT2D eigenvalue weighted by Crippen LogP contribution is 2.46. The standard InChI is InChI=1S/C18H17Cl6N3O.3C15H12Cl6N4.C15H11Cl6N3O2/c1-2-3-4-11-28-13-8-5-12(6-9-13)7-10-14-25-15(17(19,20)21)27-16(26-14)18(22,23)24;3*1-25(2)10-6-3-9(4-7-10)5-8-11-22-12(14(16,17)18)24-13(23-11)15(19,20)21;1-25-9-5-3-8(10(7-9)26-2)4-6-11-22-12(14(16,17)18)24-13(23-11)15(19,20)21/h5-10H,2-4,11H2,1H3;3*3-8H,1-2H3;3-7H,1-2H3. The van der Waals surface area contributed by atoms with E-state index in [9.17, 15) is 0 Å². The predicted octanol–water partition coefficient (Wildman–Crippen LogP) is 30.3. The number of ether oxygens (including phenoxy) is 3. The summed E-state index contributed by atoms with van der Waals surface area (Å²) in [5.41, 5.74) is 7.65. The van der Waals surface area contributed by atoms with Crippen LogP contribution in [0, 0.1) is 0 Å². The SMILES string of the molecule is CCCCCOc1ccc(C=Cc2nc(C(Cl)(Cl)Cl)nc(C(Cl)(Cl)Cl)n2)cc1.CN(C)c1ccc(C=Cc2nc(C(Cl)(Cl)Cl)nc(C(Cl)(Cl)Cl)n2)cc1.CN(C)c1ccc(C=Cc2nc(C(Cl)(Cl)Cl)nc(C(Cl)(Cl)Cl)n2)cc1.CN(C)c1ccc(C=Cc2nc(C(Cl)(Cl)Cl)nc(C(Cl)(Cl)Cl)n2)cc1.COc1ccc(C=Cc2nc(C(Cl)(Cl)Cl)nc(C(Cl)(Cl)Cl)n2)c(OC)c1. The lowest BCUT2D eigenvalue weighted by Gasteiger charge is -2.14. The Kier molecular flexibility index (Phi) is 45.3. The number of unbranched alkanes of at least 4 members (excludes halogenated alkanes) is 2. The third-order valence-corrected chi connectivity index (χ3v) is 20.5. The second-order valence-electron chi connectivity index (χ2n) is 26.0. The Morgan fingerprint density at radius 1 is 0.248 bits per heavy atom. The van der Waals surface area contributed by atoms with Gasteiger partial charge in [-0.25, -0.2) is 74.8 Å². The Labute approximate surface area is 894 Å². The smallest absolute Gasteiger partial charge is 0.250 e. The van der Waals surface area contributed by atoms with Crippen molar-refractivity contribution in [2.45, 2.75) is 64.1 Å². The van der Waals surface area contributed by atoms with Gasteiger partial charge >= 0.3 is 0 Å². The first kappa shape index (κ1) is 115. The van der Waals surface area contributed by atoms with E-state index in [4.69, 9.17) is 362 Å². The summed E-state index contributed by atoms with van der Waals surface area (Å²) in [5.74, 6) is 1.61. The fourth-order valence-electron chi connectivity index (χ4n) is 9.27. The first-order chi connectivity index (χ1) is 59.5. The van der Waals surface area contributed by atoms with Crippen molar-refractivity contribution in [2.24, 2.45) is 0 Å². The molecule has 0 fully saturated rings. The van der Waals surface area contributed by atoms with Crippen LogP contribution in [0.15, 0.2) is 115 Å². The molecule has 129 heavy (non-hydrogen) atoms. The third kappa shape index (κ3) is 40.4. The molecule has 0 radical (unpaired) electrons. The number of hydrogen-bond acceptors (Lipinski definition) is 21. The second-order valence-corrected chi connectivity index (χ2v) is 48.9. The molecule has 0 aliphatic carbocycles. The third-order valence-electron chi connectivity index (χ3n) is 15.5. The Balaban J connectivity index is 0.000000249.